The Morgan fingerprint density at radius 3 is 1.87 bits per heavy atom. The van der Waals surface area contributed by atoms with Crippen molar-refractivity contribution in [1.82, 2.24) is 5.32 Å². The molecule has 7 nitrogen and oxygen atoms in total. The van der Waals surface area contributed by atoms with Crippen LogP contribution in [0.5, 0.6) is 11.5 Å². The van der Waals surface area contributed by atoms with Crippen LogP contribution in [-0.2, 0) is 21.4 Å². The van der Waals surface area contributed by atoms with Gasteiger partial charge in [-0.2, -0.15) is 0 Å². The van der Waals surface area contributed by atoms with Crippen LogP contribution in [0.25, 0.3) is 0 Å². The Hall–Kier alpha value is -4.13. The van der Waals surface area contributed by atoms with E-state index in [1.807, 2.05) is 12.1 Å². The molecule has 0 bridgehead atoms. The third-order valence-corrected chi connectivity index (χ3v) is 7.19. The van der Waals surface area contributed by atoms with Crippen molar-refractivity contribution in [1.29, 1.82) is 0 Å². The van der Waals surface area contributed by atoms with E-state index < -0.39 is 23.6 Å². The van der Waals surface area contributed by atoms with Gasteiger partial charge in [-0.25, -0.2) is 9.59 Å². The summed E-state index contributed by atoms with van der Waals surface area (Å²) < 4.78 is 17.0. The molecule has 3 aromatic rings. The van der Waals surface area contributed by atoms with Gasteiger partial charge in [0.25, 0.3) is 5.91 Å². The fourth-order valence-electron chi connectivity index (χ4n) is 4.61. The van der Waals surface area contributed by atoms with E-state index in [2.05, 4.69) is 33.0 Å². The zero-order valence-electron chi connectivity index (χ0n) is 27.9. The van der Waals surface area contributed by atoms with Crippen molar-refractivity contribution in [3.63, 3.8) is 0 Å². The van der Waals surface area contributed by atoms with E-state index in [9.17, 15) is 14.4 Å². The highest BCUT2D eigenvalue weighted by Crippen LogP contribution is 2.23. The van der Waals surface area contributed by atoms with E-state index in [0.717, 1.165) is 29.7 Å². The number of amides is 1. The van der Waals surface area contributed by atoms with Crippen molar-refractivity contribution < 1.29 is 28.6 Å². The molecule has 0 radical (unpaired) electrons. The number of hydrogen-bond acceptors (Lipinski definition) is 6. The van der Waals surface area contributed by atoms with E-state index in [1.165, 1.54) is 19.3 Å². The summed E-state index contributed by atoms with van der Waals surface area (Å²) in [6.45, 7) is 14.5. The molecule has 242 valence electrons. The van der Waals surface area contributed by atoms with Gasteiger partial charge in [0, 0.05) is 12.0 Å². The predicted octanol–water partition coefficient (Wildman–Crippen LogP) is 8.24. The van der Waals surface area contributed by atoms with Gasteiger partial charge < -0.3 is 19.5 Å². The number of rotatable bonds is 14. The second-order valence-electron chi connectivity index (χ2n) is 13.4. The first-order valence-electron chi connectivity index (χ1n) is 15.9. The van der Waals surface area contributed by atoms with Gasteiger partial charge in [0.05, 0.1) is 12.2 Å². The summed E-state index contributed by atoms with van der Waals surface area (Å²) in [5, 5.41) is 2.85. The van der Waals surface area contributed by atoms with Gasteiger partial charge in [0.2, 0.25) is 0 Å². The standard InChI is InChI=1S/C38H49NO6/c1-8-9-10-11-12-25-43-31-23-17-29(18-24-31)35(41)44-32-21-13-27(14-22-32)26-33(36(42)45-38(5,6)7)39-34(40)28-15-19-30(20-16-28)37(2,3)4/h13-24,33H,8-12,25-26H2,1-7H3,(H,39,40)/t33-/m0/s1. The molecule has 0 aliphatic carbocycles. The van der Waals surface area contributed by atoms with Crippen molar-refractivity contribution in [2.75, 3.05) is 6.61 Å². The molecule has 0 spiro atoms. The van der Waals surface area contributed by atoms with E-state index in [1.54, 1.807) is 81.4 Å². The van der Waals surface area contributed by atoms with E-state index >= 15 is 0 Å². The smallest absolute Gasteiger partial charge is 0.343 e. The fourth-order valence-corrected chi connectivity index (χ4v) is 4.61. The average molecular weight is 616 g/mol. The Morgan fingerprint density at radius 2 is 1.29 bits per heavy atom. The first-order chi connectivity index (χ1) is 21.2. The molecular formula is C38H49NO6. The number of carbonyl (C=O) groups excluding carboxylic acids is 3. The largest absolute Gasteiger partial charge is 0.494 e. The summed E-state index contributed by atoms with van der Waals surface area (Å²) in [5.74, 6) is -0.278. The van der Waals surface area contributed by atoms with Crippen molar-refractivity contribution in [3.8, 4) is 11.5 Å². The normalized spacial score (nSPS) is 12.2. The molecule has 0 aliphatic heterocycles. The van der Waals surface area contributed by atoms with Crippen molar-refractivity contribution in [3.05, 3.63) is 95.1 Å². The number of carbonyl (C=O) groups is 3. The lowest BCUT2D eigenvalue weighted by atomic mass is 9.86. The molecule has 0 saturated carbocycles. The number of unbranched alkanes of at least 4 members (excludes halogenated alkanes) is 4. The molecule has 3 aromatic carbocycles. The zero-order chi connectivity index (χ0) is 33.0. The molecule has 0 saturated heterocycles. The minimum atomic E-state index is -0.913. The number of esters is 2. The van der Waals surface area contributed by atoms with Crippen LogP contribution in [0.3, 0.4) is 0 Å². The summed E-state index contributed by atoms with van der Waals surface area (Å²) in [6.07, 6.45) is 6.05. The van der Waals surface area contributed by atoms with E-state index in [0.29, 0.717) is 23.5 Å². The quantitative estimate of drug-likeness (QED) is 0.112. The molecule has 1 atom stereocenters. The topological polar surface area (TPSA) is 90.9 Å². The van der Waals surface area contributed by atoms with Crippen LogP contribution in [0.2, 0.25) is 0 Å². The van der Waals surface area contributed by atoms with Crippen molar-refractivity contribution in [2.24, 2.45) is 0 Å². The molecule has 0 heterocycles. The second kappa shape index (κ2) is 16.3. The van der Waals surface area contributed by atoms with Crippen LogP contribution < -0.4 is 14.8 Å². The molecule has 0 unspecified atom stereocenters. The predicted molar refractivity (Wildman–Crippen MR) is 178 cm³/mol. The van der Waals surface area contributed by atoms with Gasteiger partial charge in [0.15, 0.2) is 0 Å². The Bertz CT molecular complexity index is 1380. The number of hydrogen-bond donors (Lipinski definition) is 1. The third kappa shape index (κ3) is 12.1. The molecule has 0 aromatic heterocycles. The minimum absolute atomic E-state index is 0.0406. The van der Waals surface area contributed by atoms with Crippen LogP contribution >= 0.6 is 0 Å². The highest BCUT2D eigenvalue weighted by molar-refractivity contribution is 5.97. The van der Waals surface area contributed by atoms with Gasteiger partial charge in [0.1, 0.15) is 23.1 Å². The zero-order valence-corrected chi connectivity index (χ0v) is 27.9. The van der Waals surface area contributed by atoms with Crippen molar-refractivity contribution in [2.45, 2.75) is 104 Å². The van der Waals surface area contributed by atoms with Gasteiger partial charge in [-0.05, 0) is 92.3 Å². The lowest BCUT2D eigenvalue weighted by Crippen LogP contribution is -2.45. The lowest BCUT2D eigenvalue weighted by Gasteiger charge is -2.25. The highest BCUT2D eigenvalue weighted by atomic mass is 16.6. The Morgan fingerprint density at radius 1 is 0.711 bits per heavy atom. The molecular weight excluding hydrogens is 566 g/mol. The van der Waals surface area contributed by atoms with E-state index in [-0.39, 0.29) is 17.7 Å². The maximum absolute atomic E-state index is 13.1. The Labute approximate surface area is 268 Å². The third-order valence-electron chi connectivity index (χ3n) is 7.19. The fraction of sp³-hybridized carbons (Fsp3) is 0.447. The van der Waals surface area contributed by atoms with Crippen LogP contribution in [-0.4, -0.2) is 36.1 Å². The van der Waals surface area contributed by atoms with Gasteiger partial charge in [-0.15, -0.1) is 0 Å². The minimum Gasteiger partial charge on any atom is -0.494 e. The summed E-state index contributed by atoms with van der Waals surface area (Å²) in [5.41, 5.74) is 1.99. The first kappa shape index (κ1) is 35.4. The molecule has 1 N–H and O–H groups in total. The van der Waals surface area contributed by atoms with Crippen molar-refractivity contribution >= 4 is 17.8 Å². The SMILES string of the molecule is CCCCCCCOc1ccc(C(=O)Oc2ccc(C[C@H](NC(=O)c3ccc(C(C)(C)C)cc3)C(=O)OC(C)(C)C)cc2)cc1. The molecule has 7 heteroatoms. The monoisotopic (exact) mass is 615 g/mol. The number of benzene rings is 3. The Kier molecular flexibility index (Phi) is 12.8. The molecule has 0 aliphatic rings. The van der Waals surface area contributed by atoms with Crippen LogP contribution in [0, 0.1) is 0 Å². The summed E-state index contributed by atoms with van der Waals surface area (Å²) >= 11 is 0. The molecule has 45 heavy (non-hydrogen) atoms. The lowest BCUT2D eigenvalue weighted by molar-refractivity contribution is -0.157. The maximum Gasteiger partial charge on any atom is 0.343 e. The highest BCUT2D eigenvalue weighted by Gasteiger charge is 2.28. The summed E-state index contributed by atoms with van der Waals surface area (Å²) in [6, 6.07) is 20.3. The molecule has 1 amide bonds. The Balaban J connectivity index is 1.61. The molecule has 0 fully saturated rings. The average Bonchev–Trinajstić information content (AvgIpc) is 2.98. The summed E-state index contributed by atoms with van der Waals surface area (Å²) in [4.78, 5) is 39.0. The van der Waals surface area contributed by atoms with Crippen LogP contribution in [0.4, 0.5) is 0 Å². The first-order valence-corrected chi connectivity index (χ1v) is 15.9. The second-order valence-corrected chi connectivity index (χ2v) is 13.4. The van der Waals surface area contributed by atoms with Gasteiger partial charge in [-0.3, -0.25) is 4.79 Å². The van der Waals surface area contributed by atoms with Gasteiger partial charge >= 0.3 is 11.9 Å². The van der Waals surface area contributed by atoms with Crippen LogP contribution in [0.15, 0.2) is 72.8 Å². The van der Waals surface area contributed by atoms with E-state index in [4.69, 9.17) is 14.2 Å². The number of nitrogens with one attached hydrogen (secondary N) is 1. The summed E-state index contributed by atoms with van der Waals surface area (Å²) in [7, 11) is 0. The van der Waals surface area contributed by atoms with Crippen LogP contribution in [0.1, 0.15) is 112 Å². The van der Waals surface area contributed by atoms with Gasteiger partial charge in [-0.1, -0.05) is 77.6 Å². The number of ether oxygens (including phenoxy) is 3. The molecule has 3 rings (SSSR count). The maximum atomic E-state index is 13.1.